The van der Waals surface area contributed by atoms with E-state index in [2.05, 4.69) is 39.4 Å². The van der Waals surface area contributed by atoms with Crippen molar-refractivity contribution in [2.24, 2.45) is 0 Å². The standard InChI is InChI=1S/C15H21N3OS2/c1-10(12-5-6-20-9-12)7-17-14(19)18-15(3,4)13-16-8-11(2)21-13/h5-6,8-10H,7H2,1-4H3,(H2,17,18,19)/t10-/m0/s1. The van der Waals surface area contributed by atoms with E-state index in [4.69, 9.17) is 0 Å². The Morgan fingerprint density at radius 1 is 1.48 bits per heavy atom. The molecule has 0 spiro atoms. The Morgan fingerprint density at radius 3 is 2.81 bits per heavy atom. The Kier molecular flexibility index (Phi) is 5.00. The van der Waals surface area contributed by atoms with Gasteiger partial charge in [-0.15, -0.1) is 11.3 Å². The fourth-order valence-electron chi connectivity index (χ4n) is 1.94. The lowest BCUT2D eigenvalue weighted by Crippen LogP contribution is -2.47. The number of amides is 2. The van der Waals surface area contributed by atoms with Crippen molar-refractivity contribution < 1.29 is 4.79 Å². The predicted molar refractivity (Wildman–Crippen MR) is 89.1 cm³/mol. The summed E-state index contributed by atoms with van der Waals surface area (Å²) < 4.78 is 0. The number of aromatic nitrogens is 1. The van der Waals surface area contributed by atoms with Crippen LogP contribution in [0, 0.1) is 6.92 Å². The maximum Gasteiger partial charge on any atom is 0.315 e. The Bertz CT molecular complexity index is 590. The third kappa shape index (κ3) is 4.28. The Balaban J connectivity index is 1.86. The van der Waals surface area contributed by atoms with Crippen LogP contribution in [0.4, 0.5) is 4.79 Å². The smallest absolute Gasteiger partial charge is 0.315 e. The minimum atomic E-state index is -0.464. The van der Waals surface area contributed by atoms with Gasteiger partial charge in [0.2, 0.25) is 0 Å². The number of nitrogens with one attached hydrogen (secondary N) is 2. The molecule has 0 aliphatic carbocycles. The first kappa shape index (κ1) is 16.0. The van der Waals surface area contributed by atoms with Gasteiger partial charge >= 0.3 is 6.03 Å². The van der Waals surface area contributed by atoms with Gasteiger partial charge in [0.1, 0.15) is 5.01 Å². The number of thiophene rings is 1. The molecule has 0 aromatic carbocycles. The first-order chi connectivity index (χ1) is 9.88. The molecule has 2 rings (SSSR count). The average Bonchev–Trinajstić information content (AvgIpc) is 3.06. The van der Waals surface area contributed by atoms with Crippen LogP contribution in [0.25, 0.3) is 0 Å². The van der Waals surface area contributed by atoms with E-state index in [1.54, 1.807) is 22.7 Å². The molecule has 0 aliphatic heterocycles. The zero-order chi connectivity index (χ0) is 15.5. The van der Waals surface area contributed by atoms with Crippen molar-refractivity contribution in [1.82, 2.24) is 15.6 Å². The number of thiazole rings is 1. The molecule has 4 nitrogen and oxygen atoms in total. The molecule has 0 saturated heterocycles. The molecule has 21 heavy (non-hydrogen) atoms. The van der Waals surface area contributed by atoms with E-state index in [1.807, 2.05) is 27.0 Å². The van der Waals surface area contributed by atoms with Crippen LogP contribution in [0.2, 0.25) is 0 Å². The van der Waals surface area contributed by atoms with E-state index in [-0.39, 0.29) is 6.03 Å². The first-order valence-electron chi connectivity index (χ1n) is 6.89. The molecule has 6 heteroatoms. The summed E-state index contributed by atoms with van der Waals surface area (Å²) in [7, 11) is 0. The van der Waals surface area contributed by atoms with E-state index in [9.17, 15) is 4.79 Å². The van der Waals surface area contributed by atoms with Gasteiger partial charge in [-0.1, -0.05) is 6.92 Å². The maximum absolute atomic E-state index is 12.1. The molecule has 114 valence electrons. The van der Waals surface area contributed by atoms with E-state index in [0.717, 1.165) is 9.88 Å². The van der Waals surface area contributed by atoms with Gasteiger partial charge in [0.15, 0.2) is 0 Å². The van der Waals surface area contributed by atoms with Gasteiger partial charge in [-0.3, -0.25) is 0 Å². The molecule has 2 aromatic rings. The van der Waals surface area contributed by atoms with E-state index in [1.165, 1.54) is 5.56 Å². The highest BCUT2D eigenvalue weighted by Crippen LogP contribution is 2.24. The SMILES string of the molecule is Cc1cnc(C(C)(C)NC(=O)NC[C@H](C)c2ccsc2)s1. The molecule has 0 fully saturated rings. The number of hydrogen-bond acceptors (Lipinski definition) is 4. The second kappa shape index (κ2) is 6.58. The topological polar surface area (TPSA) is 54.0 Å². The van der Waals surface area contributed by atoms with Gasteiger partial charge in [-0.25, -0.2) is 9.78 Å². The molecule has 0 radical (unpaired) electrons. The van der Waals surface area contributed by atoms with Crippen LogP contribution in [-0.2, 0) is 5.54 Å². The molecule has 2 aromatic heterocycles. The van der Waals surface area contributed by atoms with Crippen molar-refractivity contribution in [2.75, 3.05) is 6.54 Å². The lowest BCUT2D eigenvalue weighted by atomic mass is 10.1. The van der Waals surface area contributed by atoms with Crippen molar-refractivity contribution in [3.63, 3.8) is 0 Å². The number of carbonyl (C=O) groups is 1. The first-order valence-corrected chi connectivity index (χ1v) is 8.65. The van der Waals surface area contributed by atoms with Crippen LogP contribution in [0.5, 0.6) is 0 Å². The molecule has 0 saturated carbocycles. The largest absolute Gasteiger partial charge is 0.338 e. The lowest BCUT2D eigenvalue weighted by molar-refractivity contribution is 0.229. The third-order valence-corrected chi connectivity index (χ3v) is 5.20. The van der Waals surface area contributed by atoms with Crippen LogP contribution in [-0.4, -0.2) is 17.6 Å². The molecule has 1 atom stereocenters. The van der Waals surface area contributed by atoms with Crippen LogP contribution in [0.1, 0.15) is 42.1 Å². The lowest BCUT2D eigenvalue weighted by Gasteiger charge is -2.24. The monoisotopic (exact) mass is 323 g/mol. The molecule has 0 bridgehead atoms. The van der Waals surface area contributed by atoms with Crippen molar-refractivity contribution in [3.8, 4) is 0 Å². The zero-order valence-electron chi connectivity index (χ0n) is 12.8. The molecular formula is C15H21N3OS2. The number of nitrogens with zero attached hydrogens (tertiary/aromatic N) is 1. The van der Waals surface area contributed by atoms with Crippen molar-refractivity contribution in [1.29, 1.82) is 0 Å². The van der Waals surface area contributed by atoms with Gasteiger partial charge in [0.25, 0.3) is 0 Å². The van der Waals surface area contributed by atoms with Crippen molar-refractivity contribution in [2.45, 2.75) is 39.2 Å². The number of aryl methyl sites for hydroxylation is 1. The molecule has 2 N–H and O–H groups in total. The summed E-state index contributed by atoms with van der Waals surface area (Å²) in [5.74, 6) is 0.312. The Hall–Kier alpha value is -1.40. The second-order valence-corrected chi connectivity index (χ2v) is 7.71. The normalized spacial score (nSPS) is 13.0. The Morgan fingerprint density at radius 2 is 2.24 bits per heavy atom. The molecule has 0 aliphatic rings. The number of hydrogen-bond donors (Lipinski definition) is 2. The summed E-state index contributed by atoms with van der Waals surface area (Å²) in [4.78, 5) is 17.6. The summed E-state index contributed by atoms with van der Waals surface area (Å²) in [5.41, 5.74) is 0.796. The number of rotatable bonds is 5. The molecular weight excluding hydrogens is 302 g/mol. The fourth-order valence-corrected chi connectivity index (χ4v) is 3.55. The highest BCUT2D eigenvalue weighted by molar-refractivity contribution is 7.11. The van der Waals surface area contributed by atoms with Crippen molar-refractivity contribution >= 4 is 28.7 Å². The van der Waals surface area contributed by atoms with Crippen molar-refractivity contribution in [3.05, 3.63) is 38.5 Å². The molecule has 2 heterocycles. The number of carbonyl (C=O) groups excluding carboxylic acids is 1. The van der Waals surface area contributed by atoms with E-state index in [0.29, 0.717) is 12.5 Å². The highest BCUT2D eigenvalue weighted by Gasteiger charge is 2.26. The summed E-state index contributed by atoms with van der Waals surface area (Å²) in [5, 5.41) is 11.0. The van der Waals surface area contributed by atoms with E-state index < -0.39 is 5.54 Å². The summed E-state index contributed by atoms with van der Waals surface area (Å²) in [6, 6.07) is 1.94. The van der Waals surface area contributed by atoms with Gasteiger partial charge in [0.05, 0.1) is 5.54 Å². The maximum atomic E-state index is 12.1. The highest BCUT2D eigenvalue weighted by atomic mass is 32.1. The zero-order valence-corrected chi connectivity index (χ0v) is 14.4. The Labute approximate surface area is 133 Å². The fraction of sp³-hybridized carbons (Fsp3) is 0.467. The van der Waals surface area contributed by atoms with Gasteiger partial charge in [0, 0.05) is 17.6 Å². The van der Waals surface area contributed by atoms with Crippen LogP contribution < -0.4 is 10.6 Å². The van der Waals surface area contributed by atoms with Crippen LogP contribution in [0.15, 0.2) is 23.0 Å². The number of urea groups is 1. The summed E-state index contributed by atoms with van der Waals surface area (Å²) >= 11 is 3.28. The van der Waals surface area contributed by atoms with Gasteiger partial charge < -0.3 is 10.6 Å². The quantitative estimate of drug-likeness (QED) is 0.878. The molecule has 0 unspecified atom stereocenters. The summed E-state index contributed by atoms with van der Waals surface area (Å²) in [6.45, 7) is 8.67. The molecule has 2 amide bonds. The summed E-state index contributed by atoms with van der Waals surface area (Å²) in [6.07, 6.45) is 1.83. The van der Waals surface area contributed by atoms with Gasteiger partial charge in [-0.05, 0) is 49.1 Å². The minimum absolute atomic E-state index is 0.157. The van der Waals surface area contributed by atoms with Gasteiger partial charge in [-0.2, -0.15) is 11.3 Å². The predicted octanol–water partition coefficient (Wildman–Crippen LogP) is 3.85. The minimum Gasteiger partial charge on any atom is -0.338 e. The second-order valence-electron chi connectivity index (χ2n) is 5.69. The van der Waals surface area contributed by atoms with Crippen LogP contribution in [0.3, 0.4) is 0 Å². The average molecular weight is 323 g/mol. The third-order valence-electron chi connectivity index (χ3n) is 3.26. The van der Waals surface area contributed by atoms with E-state index >= 15 is 0 Å². The van der Waals surface area contributed by atoms with Crippen LogP contribution >= 0.6 is 22.7 Å².